The molecule has 0 aliphatic carbocycles. The lowest BCUT2D eigenvalue weighted by Crippen LogP contribution is -2.28. The highest BCUT2D eigenvalue weighted by atomic mass is 16.5. The Morgan fingerprint density at radius 3 is 2.54 bits per heavy atom. The third-order valence-electron chi connectivity index (χ3n) is 4.80. The number of nitrogens with zero attached hydrogens (tertiary/aromatic N) is 2. The number of fused-ring (bicyclic) bond motifs is 1. The zero-order chi connectivity index (χ0) is 20.3. The Labute approximate surface area is 163 Å². The summed E-state index contributed by atoms with van der Waals surface area (Å²) in [6.45, 7) is 2.67. The van der Waals surface area contributed by atoms with E-state index in [1.165, 1.54) is 4.57 Å². The van der Waals surface area contributed by atoms with Gasteiger partial charge in [0.25, 0.3) is 0 Å². The summed E-state index contributed by atoms with van der Waals surface area (Å²) >= 11 is 0. The SMILES string of the molecule is COc1cc(C)c(CN(C)C(=O)CCn2c(=O)oc3ccccc32)cc1OC. The van der Waals surface area contributed by atoms with Gasteiger partial charge < -0.3 is 18.8 Å². The number of hydrogen-bond donors (Lipinski definition) is 0. The summed E-state index contributed by atoms with van der Waals surface area (Å²) in [5.41, 5.74) is 3.20. The second-order valence-corrected chi connectivity index (χ2v) is 6.62. The van der Waals surface area contributed by atoms with Crippen LogP contribution in [0.1, 0.15) is 17.5 Å². The maximum Gasteiger partial charge on any atom is 0.419 e. The van der Waals surface area contributed by atoms with E-state index < -0.39 is 5.76 Å². The lowest BCUT2D eigenvalue weighted by Gasteiger charge is -2.20. The maximum absolute atomic E-state index is 12.6. The highest BCUT2D eigenvalue weighted by molar-refractivity contribution is 5.77. The molecule has 0 saturated carbocycles. The third-order valence-corrected chi connectivity index (χ3v) is 4.80. The van der Waals surface area contributed by atoms with Crippen molar-refractivity contribution in [1.82, 2.24) is 9.47 Å². The molecule has 0 aliphatic rings. The first kappa shape index (κ1) is 19.5. The molecule has 148 valence electrons. The van der Waals surface area contributed by atoms with Crippen LogP contribution in [0.15, 0.2) is 45.6 Å². The van der Waals surface area contributed by atoms with Crippen LogP contribution in [0.25, 0.3) is 11.1 Å². The van der Waals surface area contributed by atoms with E-state index >= 15 is 0 Å². The number of carbonyl (C=O) groups is 1. The van der Waals surface area contributed by atoms with E-state index in [1.807, 2.05) is 25.1 Å². The van der Waals surface area contributed by atoms with Crippen LogP contribution >= 0.6 is 0 Å². The van der Waals surface area contributed by atoms with Gasteiger partial charge in [0.15, 0.2) is 17.1 Å². The van der Waals surface area contributed by atoms with E-state index in [2.05, 4.69) is 0 Å². The molecule has 0 radical (unpaired) electrons. The topological polar surface area (TPSA) is 73.9 Å². The fourth-order valence-electron chi connectivity index (χ4n) is 3.16. The van der Waals surface area contributed by atoms with E-state index in [1.54, 1.807) is 44.4 Å². The van der Waals surface area contributed by atoms with Gasteiger partial charge in [-0.2, -0.15) is 0 Å². The standard InChI is InChI=1S/C21H24N2O5/c1-14-11-18(26-3)19(27-4)12-15(14)13-22(2)20(24)9-10-23-16-7-5-6-8-17(16)28-21(23)25/h5-8,11-12H,9-10,13H2,1-4H3. The van der Waals surface area contributed by atoms with Crippen molar-refractivity contribution in [3.63, 3.8) is 0 Å². The Hall–Kier alpha value is -3.22. The number of methoxy groups -OCH3 is 2. The van der Waals surface area contributed by atoms with Gasteiger partial charge in [-0.15, -0.1) is 0 Å². The smallest absolute Gasteiger partial charge is 0.419 e. The van der Waals surface area contributed by atoms with Crippen molar-refractivity contribution < 1.29 is 18.7 Å². The Morgan fingerprint density at radius 1 is 1.14 bits per heavy atom. The van der Waals surface area contributed by atoms with E-state index in [0.29, 0.717) is 29.1 Å². The third kappa shape index (κ3) is 3.88. The summed E-state index contributed by atoms with van der Waals surface area (Å²) in [6, 6.07) is 11.0. The molecule has 2 aromatic carbocycles. The average molecular weight is 384 g/mol. The van der Waals surface area contributed by atoms with Gasteiger partial charge in [0.05, 0.1) is 19.7 Å². The molecular weight excluding hydrogens is 360 g/mol. The van der Waals surface area contributed by atoms with Crippen LogP contribution in [0.4, 0.5) is 0 Å². The predicted octanol–water partition coefficient (Wildman–Crippen LogP) is 2.97. The molecule has 0 unspecified atom stereocenters. The molecule has 0 atom stereocenters. The molecule has 3 rings (SSSR count). The van der Waals surface area contributed by atoms with Crippen LogP contribution in [0.5, 0.6) is 11.5 Å². The van der Waals surface area contributed by atoms with Crippen molar-refractivity contribution in [3.8, 4) is 11.5 Å². The fourth-order valence-corrected chi connectivity index (χ4v) is 3.16. The molecule has 0 fully saturated rings. The van der Waals surface area contributed by atoms with Crippen molar-refractivity contribution in [2.45, 2.75) is 26.4 Å². The second kappa shape index (κ2) is 8.21. The number of aryl methyl sites for hydroxylation is 2. The number of rotatable bonds is 7. The lowest BCUT2D eigenvalue weighted by atomic mass is 10.1. The van der Waals surface area contributed by atoms with Gasteiger partial charge in [-0.05, 0) is 42.3 Å². The fraction of sp³-hybridized carbons (Fsp3) is 0.333. The first-order valence-electron chi connectivity index (χ1n) is 8.98. The summed E-state index contributed by atoms with van der Waals surface area (Å²) in [6.07, 6.45) is 0.201. The Kier molecular flexibility index (Phi) is 5.73. The normalized spacial score (nSPS) is 10.9. The molecule has 0 bridgehead atoms. The number of aromatic nitrogens is 1. The van der Waals surface area contributed by atoms with Gasteiger partial charge in [0, 0.05) is 26.6 Å². The number of ether oxygens (including phenoxy) is 2. The van der Waals surface area contributed by atoms with Crippen molar-refractivity contribution in [2.75, 3.05) is 21.3 Å². The van der Waals surface area contributed by atoms with Crippen molar-refractivity contribution >= 4 is 17.0 Å². The van der Waals surface area contributed by atoms with Gasteiger partial charge in [0.1, 0.15) is 0 Å². The van der Waals surface area contributed by atoms with Crippen LogP contribution in [0, 0.1) is 6.92 Å². The Morgan fingerprint density at radius 2 is 1.82 bits per heavy atom. The zero-order valence-corrected chi connectivity index (χ0v) is 16.5. The molecule has 3 aromatic rings. The number of hydrogen-bond acceptors (Lipinski definition) is 5. The molecule has 7 nitrogen and oxygen atoms in total. The zero-order valence-electron chi connectivity index (χ0n) is 16.5. The van der Waals surface area contributed by atoms with E-state index in [9.17, 15) is 9.59 Å². The Balaban J connectivity index is 1.70. The number of amides is 1. The Bertz CT molecular complexity index is 1050. The predicted molar refractivity (Wildman–Crippen MR) is 106 cm³/mol. The van der Waals surface area contributed by atoms with Crippen LogP contribution in [0.2, 0.25) is 0 Å². The summed E-state index contributed by atoms with van der Waals surface area (Å²) in [4.78, 5) is 26.3. The molecular formula is C21H24N2O5. The van der Waals surface area contributed by atoms with Crippen LogP contribution < -0.4 is 15.2 Å². The van der Waals surface area contributed by atoms with E-state index in [-0.39, 0.29) is 18.9 Å². The van der Waals surface area contributed by atoms with Crippen molar-refractivity contribution in [2.24, 2.45) is 0 Å². The lowest BCUT2D eigenvalue weighted by molar-refractivity contribution is -0.130. The molecule has 0 N–H and O–H groups in total. The van der Waals surface area contributed by atoms with Gasteiger partial charge in [-0.3, -0.25) is 9.36 Å². The molecule has 7 heteroatoms. The average Bonchev–Trinajstić information content (AvgIpc) is 3.02. The molecule has 0 saturated heterocycles. The summed E-state index contributed by atoms with van der Waals surface area (Å²) in [5, 5.41) is 0. The minimum absolute atomic E-state index is 0.0635. The molecule has 1 amide bonds. The van der Waals surface area contributed by atoms with E-state index in [0.717, 1.165) is 11.1 Å². The number of para-hydroxylation sites is 2. The molecule has 1 aromatic heterocycles. The van der Waals surface area contributed by atoms with Crippen LogP contribution in [-0.2, 0) is 17.9 Å². The van der Waals surface area contributed by atoms with Gasteiger partial charge in [-0.25, -0.2) is 4.79 Å². The second-order valence-electron chi connectivity index (χ2n) is 6.62. The minimum Gasteiger partial charge on any atom is -0.493 e. The minimum atomic E-state index is -0.451. The van der Waals surface area contributed by atoms with Crippen LogP contribution in [0.3, 0.4) is 0 Å². The number of benzene rings is 2. The molecule has 0 spiro atoms. The molecule has 0 aliphatic heterocycles. The maximum atomic E-state index is 12.6. The first-order valence-corrected chi connectivity index (χ1v) is 8.98. The highest BCUT2D eigenvalue weighted by Gasteiger charge is 2.15. The van der Waals surface area contributed by atoms with Gasteiger partial charge >= 0.3 is 5.76 Å². The van der Waals surface area contributed by atoms with Crippen molar-refractivity contribution in [3.05, 3.63) is 58.1 Å². The first-order chi connectivity index (χ1) is 13.4. The number of carbonyl (C=O) groups excluding carboxylic acids is 1. The van der Waals surface area contributed by atoms with E-state index in [4.69, 9.17) is 13.9 Å². The molecule has 28 heavy (non-hydrogen) atoms. The number of oxazole rings is 1. The van der Waals surface area contributed by atoms with Crippen molar-refractivity contribution in [1.29, 1.82) is 0 Å². The summed E-state index contributed by atoms with van der Waals surface area (Å²) in [7, 11) is 4.92. The summed E-state index contributed by atoms with van der Waals surface area (Å²) in [5.74, 6) is 0.767. The highest BCUT2D eigenvalue weighted by Crippen LogP contribution is 2.30. The van der Waals surface area contributed by atoms with Gasteiger partial charge in [-0.1, -0.05) is 12.1 Å². The van der Waals surface area contributed by atoms with Crippen LogP contribution in [-0.4, -0.2) is 36.6 Å². The molecule has 1 heterocycles. The monoisotopic (exact) mass is 384 g/mol. The largest absolute Gasteiger partial charge is 0.493 e. The summed E-state index contributed by atoms with van der Waals surface area (Å²) < 4.78 is 17.3. The quantitative estimate of drug-likeness (QED) is 0.626. The van der Waals surface area contributed by atoms with Gasteiger partial charge in [0.2, 0.25) is 5.91 Å².